The zero-order valence-electron chi connectivity index (χ0n) is 21.4. The van der Waals surface area contributed by atoms with Crippen molar-refractivity contribution in [2.45, 2.75) is 38.5 Å². The van der Waals surface area contributed by atoms with Crippen LogP contribution < -0.4 is 19.3 Å². The van der Waals surface area contributed by atoms with E-state index in [0.29, 0.717) is 60.4 Å². The number of hydrogen-bond acceptors (Lipinski definition) is 10. The summed E-state index contributed by atoms with van der Waals surface area (Å²) in [5.74, 6) is 2.35. The highest BCUT2D eigenvalue weighted by atomic mass is 19.1. The second-order valence-electron chi connectivity index (χ2n) is 9.90. The maximum absolute atomic E-state index is 14.5. The Labute approximate surface area is 215 Å². The Morgan fingerprint density at radius 2 is 1.89 bits per heavy atom. The number of aromatic nitrogens is 4. The molecular formula is C26H32FN7O3. The number of anilines is 2. The molecule has 2 aromatic heterocycles. The molecule has 0 spiro atoms. The Morgan fingerprint density at radius 1 is 1.14 bits per heavy atom. The molecule has 5 rings (SSSR count). The molecule has 1 aromatic carbocycles. The van der Waals surface area contributed by atoms with Crippen LogP contribution in [0.2, 0.25) is 0 Å². The van der Waals surface area contributed by atoms with Gasteiger partial charge in [-0.3, -0.25) is 0 Å². The summed E-state index contributed by atoms with van der Waals surface area (Å²) in [5.41, 5.74) is 0.876. The summed E-state index contributed by atoms with van der Waals surface area (Å²) in [5, 5.41) is 12.5. The van der Waals surface area contributed by atoms with Gasteiger partial charge in [0.15, 0.2) is 11.6 Å². The first kappa shape index (κ1) is 24.9. The molecule has 10 nitrogen and oxygen atoms in total. The van der Waals surface area contributed by atoms with E-state index in [9.17, 15) is 4.39 Å². The van der Waals surface area contributed by atoms with E-state index in [1.807, 2.05) is 18.7 Å². The summed E-state index contributed by atoms with van der Waals surface area (Å²) in [6, 6.07) is 5.21. The van der Waals surface area contributed by atoms with E-state index >= 15 is 0 Å². The Morgan fingerprint density at radius 3 is 2.57 bits per heavy atom. The quantitative estimate of drug-likeness (QED) is 0.480. The SMILES string of the molecule is COc1ccc(F)c([C@@H]2CN(c3ncc(OCC4CCN(c5nc(C(C)C)no5)CC4)cn3)CC2=N)c1. The fraction of sp³-hybridized carbons (Fsp3) is 0.500. The number of rotatable bonds is 8. The lowest BCUT2D eigenvalue weighted by atomic mass is 9.96. The maximum atomic E-state index is 14.5. The smallest absolute Gasteiger partial charge is 0.324 e. The van der Waals surface area contributed by atoms with E-state index in [1.165, 1.54) is 6.07 Å². The van der Waals surface area contributed by atoms with E-state index in [4.69, 9.17) is 19.4 Å². The lowest BCUT2D eigenvalue weighted by Crippen LogP contribution is -2.35. The van der Waals surface area contributed by atoms with Gasteiger partial charge < -0.3 is 29.2 Å². The van der Waals surface area contributed by atoms with Crippen LogP contribution in [0.5, 0.6) is 11.5 Å². The van der Waals surface area contributed by atoms with Crippen molar-refractivity contribution in [2.24, 2.45) is 5.92 Å². The highest BCUT2D eigenvalue weighted by molar-refractivity contribution is 5.95. The number of benzene rings is 1. The summed E-state index contributed by atoms with van der Waals surface area (Å²) in [6.45, 7) is 7.15. The molecule has 2 saturated heterocycles. The summed E-state index contributed by atoms with van der Waals surface area (Å²) in [6.07, 6.45) is 5.26. The van der Waals surface area contributed by atoms with Crippen molar-refractivity contribution in [1.82, 2.24) is 20.1 Å². The van der Waals surface area contributed by atoms with Crippen LogP contribution in [0.4, 0.5) is 16.4 Å². The van der Waals surface area contributed by atoms with Gasteiger partial charge in [-0.2, -0.15) is 4.98 Å². The number of methoxy groups -OCH3 is 1. The van der Waals surface area contributed by atoms with Crippen LogP contribution in [-0.2, 0) is 0 Å². The predicted molar refractivity (Wildman–Crippen MR) is 136 cm³/mol. The molecule has 2 aliphatic rings. The normalized spacial score (nSPS) is 18.6. The van der Waals surface area contributed by atoms with E-state index in [0.717, 1.165) is 31.8 Å². The van der Waals surface area contributed by atoms with Gasteiger partial charge in [0.25, 0.3) is 0 Å². The van der Waals surface area contributed by atoms with Crippen LogP contribution in [0.3, 0.4) is 0 Å². The van der Waals surface area contributed by atoms with E-state index in [1.54, 1.807) is 31.6 Å². The number of nitrogens with zero attached hydrogens (tertiary/aromatic N) is 6. The molecule has 196 valence electrons. The fourth-order valence-corrected chi connectivity index (χ4v) is 4.71. The molecule has 0 saturated carbocycles. The number of piperidine rings is 1. The molecule has 4 heterocycles. The maximum Gasteiger partial charge on any atom is 0.324 e. The zero-order chi connectivity index (χ0) is 25.9. The summed E-state index contributed by atoms with van der Waals surface area (Å²) >= 11 is 0. The average Bonchev–Trinajstić information content (AvgIpc) is 3.56. The minimum absolute atomic E-state index is 0.243. The fourth-order valence-electron chi connectivity index (χ4n) is 4.71. The van der Waals surface area contributed by atoms with Crippen molar-refractivity contribution in [3.8, 4) is 11.5 Å². The lowest BCUT2D eigenvalue weighted by Gasteiger charge is -2.30. The molecule has 0 unspecified atom stereocenters. The van der Waals surface area contributed by atoms with Crippen LogP contribution in [0.1, 0.15) is 49.9 Å². The Balaban J connectivity index is 1.12. The first-order chi connectivity index (χ1) is 17.9. The molecule has 37 heavy (non-hydrogen) atoms. The van der Waals surface area contributed by atoms with Crippen molar-refractivity contribution in [3.63, 3.8) is 0 Å². The third kappa shape index (κ3) is 5.50. The molecule has 1 N–H and O–H groups in total. The van der Waals surface area contributed by atoms with E-state index in [2.05, 4.69) is 25.0 Å². The number of nitrogens with one attached hydrogen (secondary N) is 1. The van der Waals surface area contributed by atoms with Crippen molar-refractivity contribution in [1.29, 1.82) is 5.41 Å². The highest BCUT2D eigenvalue weighted by Crippen LogP contribution is 2.31. The van der Waals surface area contributed by atoms with E-state index < -0.39 is 0 Å². The summed E-state index contributed by atoms with van der Waals surface area (Å²) in [7, 11) is 1.54. The average molecular weight is 510 g/mol. The zero-order valence-corrected chi connectivity index (χ0v) is 21.4. The Hall–Kier alpha value is -3.76. The molecule has 0 aliphatic carbocycles. The Bertz CT molecular complexity index is 1230. The summed E-state index contributed by atoms with van der Waals surface area (Å²) < 4.78 is 31.1. The van der Waals surface area contributed by atoms with Gasteiger partial charge in [-0.15, -0.1) is 0 Å². The molecule has 0 amide bonds. The molecule has 2 fully saturated rings. The van der Waals surface area contributed by atoms with Crippen LogP contribution in [0, 0.1) is 17.1 Å². The van der Waals surface area contributed by atoms with Crippen molar-refractivity contribution >= 4 is 17.7 Å². The minimum atomic E-state index is -0.371. The molecule has 1 atom stereocenters. The number of halogens is 1. The van der Waals surface area contributed by atoms with Gasteiger partial charge in [-0.25, -0.2) is 14.4 Å². The van der Waals surface area contributed by atoms with Crippen molar-refractivity contribution in [3.05, 3.63) is 47.8 Å². The number of hydrogen-bond donors (Lipinski definition) is 1. The van der Waals surface area contributed by atoms with Gasteiger partial charge >= 0.3 is 6.01 Å². The van der Waals surface area contributed by atoms with Gasteiger partial charge in [0.05, 0.1) is 32.7 Å². The van der Waals surface area contributed by atoms with Gasteiger partial charge in [0.1, 0.15) is 11.6 Å². The largest absolute Gasteiger partial charge is 0.497 e. The third-order valence-corrected chi connectivity index (χ3v) is 6.98. The standard InChI is InChI=1S/C26H32FN7O3/c1-16(2)24-31-26(37-32-24)33-8-6-17(7-9-33)15-36-19-11-29-25(30-12-19)34-13-21(23(28)14-34)20-10-18(35-3)4-5-22(20)27/h4-5,10-12,16-17,21,28H,6-9,13-15H2,1-3H3/t21-/m0/s1. The van der Waals surface area contributed by atoms with E-state index in [-0.39, 0.29) is 17.7 Å². The number of ether oxygens (including phenoxy) is 2. The second-order valence-corrected chi connectivity index (χ2v) is 9.90. The van der Waals surface area contributed by atoms with Crippen molar-refractivity contribution < 1.29 is 18.4 Å². The van der Waals surface area contributed by atoms with Gasteiger partial charge in [0.2, 0.25) is 5.95 Å². The third-order valence-electron chi connectivity index (χ3n) is 6.98. The predicted octanol–water partition coefficient (Wildman–Crippen LogP) is 4.05. The van der Waals surface area contributed by atoms with Gasteiger partial charge in [0, 0.05) is 42.7 Å². The highest BCUT2D eigenvalue weighted by Gasteiger charge is 2.32. The Kier molecular flexibility index (Phi) is 7.20. The summed E-state index contributed by atoms with van der Waals surface area (Å²) in [4.78, 5) is 17.4. The molecule has 2 aliphatic heterocycles. The molecular weight excluding hydrogens is 477 g/mol. The van der Waals surface area contributed by atoms with Gasteiger partial charge in [-0.05, 0) is 37.0 Å². The lowest BCUT2D eigenvalue weighted by molar-refractivity contribution is 0.219. The molecule has 0 bridgehead atoms. The van der Waals surface area contributed by atoms with Gasteiger partial charge in [-0.1, -0.05) is 19.0 Å². The van der Waals surface area contributed by atoms with Crippen LogP contribution in [0.15, 0.2) is 35.1 Å². The van der Waals surface area contributed by atoms with Crippen LogP contribution in [0.25, 0.3) is 0 Å². The van der Waals surface area contributed by atoms with Crippen molar-refractivity contribution in [2.75, 3.05) is 49.7 Å². The monoisotopic (exact) mass is 509 g/mol. The topological polar surface area (TPSA) is 113 Å². The molecule has 0 radical (unpaired) electrons. The first-order valence-corrected chi connectivity index (χ1v) is 12.6. The van der Waals surface area contributed by atoms with Crippen LogP contribution in [-0.4, -0.2) is 65.7 Å². The second kappa shape index (κ2) is 10.7. The minimum Gasteiger partial charge on any atom is -0.497 e. The molecule has 3 aromatic rings. The molecule has 11 heteroatoms. The van der Waals surface area contributed by atoms with Crippen LogP contribution >= 0.6 is 0 Å². The first-order valence-electron chi connectivity index (χ1n) is 12.6.